The lowest BCUT2D eigenvalue weighted by atomic mass is 10.2. The van der Waals surface area contributed by atoms with Gasteiger partial charge in [-0.3, -0.25) is 0 Å². The van der Waals surface area contributed by atoms with E-state index in [0.29, 0.717) is 23.0 Å². The fraction of sp³-hybridized carbons (Fsp3) is 0. The van der Waals surface area contributed by atoms with Crippen molar-refractivity contribution in [2.24, 2.45) is 0 Å². The summed E-state index contributed by atoms with van der Waals surface area (Å²) in [6.07, 6.45) is 0. The van der Waals surface area contributed by atoms with Gasteiger partial charge < -0.3 is 24.4 Å². The molecule has 4 aromatic rings. The third kappa shape index (κ3) is 6.37. The minimum Gasteiger partial charge on any atom is -0.478 e. The van der Waals surface area contributed by atoms with Gasteiger partial charge in [-0.25, -0.2) is 19.2 Å². The first kappa shape index (κ1) is 24.7. The maximum Gasteiger partial charge on any atom is 0.346 e. The molecule has 0 bridgehead atoms. The number of aromatic carboxylic acids is 2. The minimum atomic E-state index is -1.08. The van der Waals surface area contributed by atoms with Crippen LogP contribution >= 0.6 is 0 Å². The van der Waals surface area contributed by atoms with Crippen molar-refractivity contribution in [3.63, 3.8) is 0 Å². The molecular formula is C28H18O9. The summed E-state index contributed by atoms with van der Waals surface area (Å²) in [5.74, 6) is -2.56. The first-order valence-corrected chi connectivity index (χ1v) is 10.8. The van der Waals surface area contributed by atoms with Crippen LogP contribution in [0.5, 0.6) is 23.0 Å². The van der Waals surface area contributed by atoms with Crippen LogP contribution in [0.1, 0.15) is 41.4 Å². The molecule has 0 spiro atoms. The summed E-state index contributed by atoms with van der Waals surface area (Å²) in [6, 6.07) is 23.5. The summed E-state index contributed by atoms with van der Waals surface area (Å²) in [5.41, 5.74) is 0.364. The standard InChI is InChI=1S/C28H18O9/c29-25(30)19-3-1-5-23(15-19)35-21-11-7-17(8-12-21)27(33)37-28(34)18-9-13-22(14-10-18)36-24-6-2-4-20(16-24)26(31)32/h1-16H,(H,29,30)(H,31,32). The first-order chi connectivity index (χ1) is 17.8. The van der Waals surface area contributed by atoms with Crippen molar-refractivity contribution < 1.29 is 43.6 Å². The number of carbonyl (C=O) groups excluding carboxylic acids is 2. The van der Waals surface area contributed by atoms with Crippen LogP contribution < -0.4 is 9.47 Å². The molecule has 0 aliphatic carbocycles. The third-order valence-corrected chi connectivity index (χ3v) is 5.00. The van der Waals surface area contributed by atoms with Crippen LogP contribution in [-0.2, 0) is 4.74 Å². The Morgan fingerprint density at radius 2 is 0.838 bits per heavy atom. The molecular weight excluding hydrogens is 480 g/mol. The SMILES string of the molecule is O=C(O)c1cccc(Oc2ccc(C(=O)OC(=O)c3ccc(Oc4cccc(C(=O)O)c4)cc3)cc2)c1. The van der Waals surface area contributed by atoms with Gasteiger partial charge in [0.25, 0.3) is 0 Å². The van der Waals surface area contributed by atoms with Crippen molar-refractivity contribution in [3.8, 4) is 23.0 Å². The predicted octanol–water partition coefficient (Wildman–Crippen LogP) is 5.66. The highest BCUT2D eigenvalue weighted by molar-refractivity contribution is 6.02. The lowest BCUT2D eigenvalue weighted by molar-refractivity contribution is 0.0396. The first-order valence-electron chi connectivity index (χ1n) is 10.8. The Kier molecular flexibility index (Phi) is 7.25. The van der Waals surface area contributed by atoms with Crippen LogP contribution in [0.2, 0.25) is 0 Å². The average molecular weight is 498 g/mol. The Hall–Kier alpha value is -5.44. The van der Waals surface area contributed by atoms with Gasteiger partial charge in [0.05, 0.1) is 22.3 Å². The fourth-order valence-corrected chi connectivity index (χ4v) is 3.18. The lowest BCUT2D eigenvalue weighted by Gasteiger charge is -2.08. The van der Waals surface area contributed by atoms with Crippen LogP contribution in [0.3, 0.4) is 0 Å². The van der Waals surface area contributed by atoms with E-state index in [2.05, 4.69) is 0 Å². The van der Waals surface area contributed by atoms with Crippen molar-refractivity contribution in [3.05, 3.63) is 119 Å². The van der Waals surface area contributed by atoms with Gasteiger partial charge in [0.15, 0.2) is 0 Å². The highest BCUT2D eigenvalue weighted by Gasteiger charge is 2.16. The van der Waals surface area contributed by atoms with Gasteiger partial charge in [0.2, 0.25) is 0 Å². The fourth-order valence-electron chi connectivity index (χ4n) is 3.18. The highest BCUT2D eigenvalue weighted by atomic mass is 16.6. The van der Waals surface area contributed by atoms with E-state index in [9.17, 15) is 19.2 Å². The van der Waals surface area contributed by atoms with Crippen LogP contribution in [0, 0.1) is 0 Å². The number of carboxylic acid groups (broad SMARTS) is 2. The second-order valence-electron chi connectivity index (χ2n) is 7.60. The smallest absolute Gasteiger partial charge is 0.346 e. The van der Waals surface area contributed by atoms with Crippen LogP contribution in [0.15, 0.2) is 97.1 Å². The molecule has 37 heavy (non-hydrogen) atoms. The predicted molar refractivity (Wildman–Crippen MR) is 130 cm³/mol. The molecule has 0 unspecified atom stereocenters. The van der Waals surface area contributed by atoms with E-state index >= 15 is 0 Å². The number of hydrogen-bond donors (Lipinski definition) is 2. The number of carboxylic acids is 2. The average Bonchev–Trinajstić information content (AvgIpc) is 2.89. The van der Waals surface area contributed by atoms with Gasteiger partial charge >= 0.3 is 23.9 Å². The zero-order valence-electron chi connectivity index (χ0n) is 19.0. The maximum absolute atomic E-state index is 12.4. The van der Waals surface area contributed by atoms with E-state index in [1.807, 2.05) is 0 Å². The Morgan fingerprint density at radius 1 is 0.459 bits per heavy atom. The van der Waals surface area contributed by atoms with Gasteiger partial charge in [-0.1, -0.05) is 12.1 Å². The summed E-state index contributed by atoms with van der Waals surface area (Å²) in [7, 11) is 0. The molecule has 4 rings (SSSR count). The van der Waals surface area contributed by atoms with Crippen molar-refractivity contribution in [2.45, 2.75) is 0 Å². The molecule has 9 nitrogen and oxygen atoms in total. The summed E-state index contributed by atoms with van der Waals surface area (Å²) in [5, 5.41) is 18.1. The summed E-state index contributed by atoms with van der Waals surface area (Å²) < 4.78 is 16.1. The second-order valence-corrected chi connectivity index (χ2v) is 7.60. The summed E-state index contributed by atoms with van der Waals surface area (Å²) >= 11 is 0. The van der Waals surface area contributed by atoms with E-state index < -0.39 is 23.9 Å². The molecule has 0 saturated heterocycles. The Balaban J connectivity index is 1.35. The maximum atomic E-state index is 12.4. The van der Waals surface area contributed by atoms with Gasteiger partial charge in [0, 0.05) is 0 Å². The van der Waals surface area contributed by atoms with Crippen LogP contribution in [0.4, 0.5) is 0 Å². The number of ether oxygens (including phenoxy) is 3. The molecule has 0 aliphatic heterocycles. The third-order valence-electron chi connectivity index (χ3n) is 5.00. The van der Waals surface area contributed by atoms with Gasteiger partial charge in [-0.2, -0.15) is 0 Å². The van der Waals surface area contributed by atoms with E-state index in [4.69, 9.17) is 24.4 Å². The number of carbonyl (C=O) groups is 4. The number of esters is 2. The molecule has 184 valence electrons. The number of hydrogen-bond acceptors (Lipinski definition) is 7. The van der Waals surface area contributed by atoms with Gasteiger partial charge in [0.1, 0.15) is 23.0 Å². The monoisotopic (exact) mass is 498 g/mol. The molecule has 0 amide bonds. The molecule has 9 heteroatoms. The Labute approximate surface area is 210 Å². The lowest BCUT2D eigenvalue weighted by Crippen LogP contribution is -2.12. The van der Waals surface area contributed by atoms with E-state index in [1.54, 1.807) is 24.3 Å². The van der Waals surface area contributed by atoms with Crippen molar-refractivity contribution in [2.75, 3.05) is 0 Å². The molecule has 0 saturated carbocycles. The molecule has 2 N–H and O–H groups in total. The van der Waals surface area contributed by atoms with Gasteiger partial charge in [-0.05, 0) is 84.9 Å². The van der Waals surface area contributed by atoms with E-state index in [0.717, 1.165) is 0 Å². The molecule has 4 aromatic carbocycles. The molecule has 0 aromatic heterocycles. The topological polar surface area (TPSA) is 136 Å². The van der Waals surface area contributed by atoms with Crippen LogP contribution in [-0.4, -0.2) is 34.1 Å². The van der Waals surface area contributed by atoms with Crippen molar-refractivity contribution in [1.29, 1.82) is 0 Å². The van der Waals surface area contributed by atoms with Crippen molar-refractivity contribution in [1.82, 2.24) is 0 Å². The van der Waals surface area contributed by atoms with Gasteiger partial charge in [-0.15, -0.1) is 0 Å². The molecule has 0 atom stereocenters. The van der Waals surface area contributed by atoms with Crippen molar-refractivity contribution >= 4 is 23.9 Å². The highest BCUT2D eigenvalue weighted by Crippen LogP contribution is 2.24. The zero-order valence-corrected chi connectivity index (χ0v) is 19.0. The summed E-state index contributed by atoms with van der Waals surface area (Å²) in [6.45, 7) is 0. The number of rotatable bonds is 8. The largest absolute Gasteiger partial charge is 0.478 e. The Bertz CT molecular complexity index is 1360. The number of benzene rings is 4. The summed E-state index contributed by atoms with van der Waals surface area (Å²) in [4.78, 5) is 46.9. The Morgan fingerprint density at radius 3 is 1.19 bits per heavy atom. The second kappa shape index (κ2) is 10.9. The molecule has 0 heterocycles. The molecule has 0 radical (unpaired) electrons. The minimum absolute atomic E-state index is 0.0724. The molecule has 0 aliphatic rings. The van der Waals surface area contributed by atoms with E-state index in [1.165, 1.54) is 72.8 Å². The zero-order chi connectivity index (χ0) is 26.4. The molecule has 0 fully saturated rings. The van der Waals surface area contributed by atoms with E-state index in [-0.39, 0.29) is 22.3 Å². The quantitative estimate of drug-likeness (QED) is 0.233. The van der Waals surface area contributed by atoms with Crippen LogP contribution in [0.25, 0.3) is 0 Å². The normalized spacial score (nSPS) is 10.3.